The quantitative estimate of drug-likeness (QED) is 0.852. The minimum absolute atomic E-state index is 0.0416. The van der Waals surface area contributed by atoms with Gasteiger partial charge in [0.25, 0.3) is 5.91 Å². The van der Waals surface area contributed by atoms with Crippen molar-refractivity contribution in [3.8, 4) is 0 Å². The molecule has 0 N–H and O–H groups in total. The van der Waals surface area contributed by atoms with Crippen LogP contribution in [-0.4, -0.2) is 22.3 Å². The zero-order valence-electron chi connectivity index (χ0n) is 11.6. The highest BCUT2D eigenvalue weighted by atomic mass is 79.9. The van der Waals surface area contributed by atoms with E-state index in [1.54, 1.807) is 12.4 Å². The molecule has 0 aliphatic rings. The fourth-order valence-corrected chi connectivity index (χ4v) is 2.45. The Morgan fingerprint density at radius 3 is 2.60 bits per heavy atom. The number of aromatic nitrogens is 1. The Kier molecular flexibility index (Phi) is 4.90. The minimum Gasteiger partial charge on any atom is -0.335 e. The molecule has 1 amide bonds. The summed E-state index contributed by atoms with van der Waals surface area (Å²) < 4.78 is 0.873. The predicted molar refractivity (Wildman–Crippen MR) is 83.5 cm³/mol. The molecule has 2 aromatic rings. The predicted octanol–water partition coefficient (Wildman–Crippen LogP) is 3.81. The van der Waals surface area contributed by atoms with Gasteiger partial charge in [-0.15, -0.1) is 0 Å². The topological polar surface area (TPSA) is 33.2 Å². The van der Waals surface area contributed by atoms with E-state index in [1.807, 2.05) is 49.1 Å². The van der Waals surface area contributed by atoms with Gasteiger partial charge in [-0.3, -0.25) is 9.78 Å². The summed E-state index contributed by atoms with van der Waals surface area (Å²) in [4.78, 5) is 18.5. The largest absolute Gasteiger partial charge is 0.335 e. The average molecular weight is 333 g/mol. The van der Waals surface area contributed by atoms with E-state index in [2.05, 4.69) is 20.9 Å². The van der Waals surface area contributed by atoms with Gasteiger partial charge in [-0.2, -0.15) is 0 Å². The number of halogens is 1. The van der Waals surface area contributed by atoms with Crippen LogP contribution in [-0.2, 0) is 6.54 Å². The van der Waals surface area contributed by atoms with E-state index >= 15 is 0 Å². The first-order chi connectivity index (χ1) is 9.63. The fourth-order valence-electron chi connectivity index (χ4n) is 2.02. The van der Waals surface area contributed by atoms with Crippen molar-refractivity contribution in [1.29, 1.82) is 0 Å². The fraction of sp³-hybridized carbons (Fsp3) is 0.250. The first-order valence-electron chi connectivity index (χ1n) is 6.56. The van der Waals surface area contributed by atoms with Crippen LogP contribution in [0.15, 0.2) is 47.2 Å². The molecule has 0 atom stereocenters. The summed E-state index contributed by atoms with van der Waals surface area (Å²) in [7, 11) is 0. The SMILES string of the molecule is CCN(Cc1ccncc1)C(=O)c1cccc(C)c1Br. The number of amides is 1. The molecule has 0 bridgehead atoms. The molecule has 1 aromatic heterocycles. The molecule has 1 heterocycles. The summed E-state index contributed by atoms with van der Waals surface area (Å²) in [6.45, 7) is 5.24. The van der Waals surface area contributed by atoms with E-state index in [0.717, 1.165) is 15.6 Å². The normalized spacial score (nSPS) is 10.3. The highest BCUT2D eigenvalue weighted by molar-refractivity contribution is 9.10. The van der Waals surface area contributed by atoms with Crippen molar-refractivity contribution in [2.45, 2.75) is 20.4 Å². The number of nitrogens with zero attached hydrogens (tertiary/aromatic N) is 2. The second-order valence-electron chi connectivity index (χ2n) is 4.61. The number of carbonyl (C=O) groups excluding carboxylic acids is 1. The lowest BCUT2D eigenvalue weighted by molar-refractivity contribution is 0.0751. The number of hydrogen-bond acceptors (Lipinski definition) is 2. The third-order valence-corrected chi connectivity index (χ3v) is 4.27. The van der Waals surface area contributed by atoms with Crippen molar-refractivity contribution in [3.05, 3.63) is 63.9 Å². The zero-order chi connectivity index (χ0) is 14.5. The number of rotatable bonds is 4. The Hall–Kier alpha value is -1.68. The van der Waals surface area contributed by atoms with Gasteiger partial charge in [-0.25, -0.2) is 0 Å². The van der Waals surface area contributed by atoms with Gasteiger partial charge in [0, 0.05) is 30.0 Å². The van der Waals surface area contributed by atoms with E-state index in [1.165, 1.54) is 0 Å². The van der Waals surface area contributed by atoms with E-state index in [-0.39, 0.29) is 5.91 Å². The lowest BCUT2D eigenvalue weighted by Crippen LogP contribution is -2.30. The van der Waals surface area contributed by atoms with Crippen LogP contribution in [0.5, 0.6) is 0 Å². The zero-order valence-corrected chi connectivity index (χ0v) is 13.2. The summed E-state index contributed by atoms with van der Waals surface area (Å²) in [6.07, 6.45) is 3.49. The van der Waals surface area contributed by atoms with Crippen molar-refractivity contribution >= 4 is 21.8 Å². The molecule has 2 rings (SSSR count). The third kappa shape index (κ3) is 3.25. The Labute approximate surface area is 127 Å². The Morgan fingerprint density at radius 1 is 1.25 bits per heavy atom. The van der Waals surface area contributed by atoms with E-state index < -0.39 is 0 Å². The van der Waals surface area contributed by atoms with Crippen LogP contribution in [0.2, 0.25) is 0 Å². The van der Waals surface area contributed by atoms with Gasteiger partial charge < -0.3 is 4.90 Å². The van der Waals surface area contributed by atoms with Gasteiger partial charge in [-0.05, 0) is 59.1 Å². The van der Waals surface area contributed by atoms with Gasteiger partial charge in [0.15, 0.2) is 0 Å². The average Bonchev–Trinajstić information content (AvgIpc) is 2.48. The number of carbonyl (C=O) groups is 1. The monoisotopic (exact) mass is 332 g/mol. The van der Waals surface area contributed by atoms with Crippen molar-refractivity contribution in [1.82, 2.24) is 9.88 Å². The Balaban J connectivity index is 2.23. The van der Waals surface area contributed by atoms with Crippen molar-refractivity contribution in [2.24, 2.45) is 0 Å². The molecule has 1 aromatic carbocycles. The Morgan fingerprint density at radius 2 is 1.95 bits per heavy atom. The summed E-state index contributed by atoms with van der Waals surface area (Å²) in [5.41, 5.74) is 2.86. The molecule has 3 nitrogen and oxygen atoms in total. The maximum absolute atomic E-state index is 12.6. The molecule has 0 saturated heterocycles. The van der Waals surface area contributed by atoms with Crippen molar-refractivity contribution < 1.29 is 4.79 Å². The maximum atomic E-state index is 12.6. The summed E-state index contributed by atoms with van der Waals surface area (Å²) in [6, 6.07) is 9.62. The molecule has 0 spiro atoms. The first-order valence-corrected chi connectivity index (χ1v) is 7.36. The molecule has 0 saturated carbocycles. The number of aryl methyl sites for hydroxylation is 1. The van der Waals surface area contributed by atoms with Crippen LogP contribution < -0.4 is 0 Å². The molecule has 0 radical (unpaired) electrons. The van der Waals surface area contributed by atoms with Crippen LogP contribution in [0.25, 0.3) is 0 Å². The number of benzene rings is 1. The van der Waals surface area contributed by atoms with Gasteiger partial charge in [0.1, 0.15) is 0 Å². The van der Waals surface area contributed by atoms with Gasteiger partial charge in [0.2, 0.25) is 0 Å². The number of hydrogen-bond donors (Lipinski definition) is 0. The minimum atomic E-state index is 0.0416. The second-order valence-corrected chi connectivity index (χ2v) is 5.40. The molecule has 104 valence electrons. The van der Waals surface area contributed by atoms with Gasteiger partial charge >= 0.3 is 0 Å². The standard InChI is InChI=1S/C16H17BrN2O/c1-3-19(11-13-7-9-18-10-8-13)16(20)14-6-4-5-12(2)15(14)17/h4-10H,3,11H2,1-2H3. The van der Waals surface area contributed by atoms with Crippen LogP contribution >= 0.6 is 15.9 Å². The molecule has 0 aliphatic carbocycles. The summed E-state index contributed by atoms with van der Waals surface area (Å²) in [5.74, 6) is 0.0416. The molecule has 20 heavy (non-hydrogen) atoms. The van der Waals surface area contributed by atoms with Crippen molar-refractivity contribution in [3.63, 3.8) is 0 Å². The molecule has 4 heteroatoms. The Bertz CT molecular complexity index is 599. The van der Waals surface area contributed by atoms with E-state index in [9.17, 15) is 4.79 Å². The van der Waals surface area contributed by atoms with Crippen LogP contribution in [0, 0.1) is 6.92 Å². The lowest BCUT2D eigenvalue weighted by Gasteiger charge is -2.22. The highest BCUT2D eigenvalue weighted by Crippen LogP contribution is 2.23. The molecule has 0 unspecified atom stereocenters. The first kappa shape index (κ1) is 14.7. The summed E-state index contributed by atoms with van der Waals surface area (Å²) in [5, 5.41) is 0. The van der Waals surface area contributed by atoms with Crippen LogP contribution in [0.3, 0.4) is 0 Å². The van der Waals surface area contributed by atoms with Gasteiger partial charge in [0.05, 0.1) is 5.56 Å². The number of pyridine rings is 1. The molecular weight excluding hydrogens is 316 g/mol. The third-order valence-electron chi connectivity index (χ3n) is 3.21. The highest BCUT2D eigenvalue weighted by Gasteiger charge is 2.17. The van der Waals surface area contributed by atoms with Gasteiger partial charge in [-0.1, -0.05) is 12.1 Å². The molecule has 0 aliphatic heterocycles. The summed E-state index contributed by atoms with van der Waals surface area (Å²) >= 11 is 3.51. The smallest absolute Gasteiger partial charge is 0.255 e. The lowest BCUT2D eigenvalue weighted by atomic mass is 10.1. The maximum Gasteiger partial charge on any atom is 0.255 e. The van der Waals surface area contributed by atoms with E-state index in [4.69, 9.17) is 0 Å². The van der Waals surface area contributed by atoms with Crippen molar-refractivity contribution in [2.75, 3.05) is 6.54 Å². The second kappa shape index (κ2) is 6.66. The molecular formula is C16H17BrN2O. The van der Waals surface area contributed by atoms with E-state index in [0.29, 0.717) is 18.7 Å². The molecule has 0 fully saturated rings. The van der Waals surface area contributed by atoms with Crippen LogP contribution in [0.4, 0.5) is 0 Å². The van der Waals surface area contributed by atoms with Crippen LogP contribution in [0.1, 0.15) is 28.4 Å².